The second-order valence-corrected chi connectivity index (χ2v) is 4.74. The van der Waals surface area contributed by atoms with Crippen LogP contribution in [0.2, 0.25) is 0 Å². The average Bonchev–Trinajstić information content (AvgIpc) is 2.62. The maximum Gasteiger partial charge on any atom is 0.191 e. The van der Waals surface area contributed by atoms with Gasteiger partial charge in [-0.15, -0.1) is 0 Å². The Morgan fingerprint density at radius 1 is 1.13 bits per heavy atom. The van der Waals surface area contributed by atoms with Gasteiger partial charge in [0.2, 0.25) is 0 Å². The van der Waals surface area contributed by atoms with Gasteiger partial charge in [0.25, 0.3) is 0 Å². The average molecular weight is 314 g/mol. The Morgan fingerprint density at radius 2 is 1.96 bits per heavy atom. The summed E-state index contributed by atoms with van der Waals surface area (Å²) in [5, 5.41) is 6.45. The highest BCUT2D eigenvalue weighted by atomic mass is 16.5. The number of aliphatic imine (C=N–C) groups is 1. The van der Waals surface area contributed by atoms with E-state index in [1.165, 1.54) is 0 Å². The van der Waals surface area contributed by atoms with Crippen molar-refractivity contribution in [1.29, 1.82) is 0 Å². The van der Waals surface area contributed by atoms with E-state index in [1.807, 2.05) is 36.4 Å². The second-order valence-electron chi connectivity index (χ2n) is 4.74. The van der Waals surface area contributed by atoms with Crippen LogP contribution in [0.3, 0.4) is 0 Å². The van der Waals surface area contributed by atoms with Gasteiger partial charge in [-0.1, -0.05) is 12.1 Å². The number of rotatable bonds is 7. The van der Waals surface area contributed by atoms with E-state index < -0.39 is 0 Å². The summed E-state index contributed by atoms with van der Waals surface area (Å²) in [5.41, 5.74) is 1.15. The Bertz CT molecular complexity index is 600. The molecule has 0 atom stereocenters. The number of benzene rings is 1. The standard InChI is InChI=1S/C17H22N4O2/c1-18-17(20-10-11-23-16-4-3-9-19-13-16)21-12-14-5-7-15(22-2)8-6-14/h3-9,13H,10-12H2,1-2H3,(H2,18,20,21). The van der Waals surface area contributed by atoms with E-state index in [1.54, 1.807) is 26.6 Å². The Labute approximate surface area is 136 Å². The number of hydrogen-bond donors (Lipinski definition) is 2. The lowest BCUT2D eigenvalue weighted by molar-refractivity contribution is 0.320. The zero-order valence-corrected chi connectivity index (χ0v) is 13.5. The van der Waals surface area contributed by atoms with Crippen molar-refractivity contribution in [2.24, 2.45) is 4.99 Å². The van der Waals surface area contributed by atoms with Gasteiger partial charge in [-0.05, 0) is 29.8 Å². The molecule has 122 valence electrons. The van der Waals surface area contributed by atoms with Crippen molar-refractivity contribution in [1.82, 2.24) is 15.6 Å². The van der Waals surface area contributed by atoms with Crippen LogP contribution in [0.5, 0.6) is 11.5 Å². The van der Waals surface area contributed by atoms with Gasteiger partial charge in [-0.25, -0.2) is 0 Å². The van der Waals surface area contributed by atoms with Gasteiger partial charge < -0.3 is 20.1 Å². The van der Waals surface area contributed by atoms with E-state index in [2.05, 4.69) is 20.6 Å². The first-order chi connectivity index (χ1) is 11.3. The molecule has 0 saturated carbocycles. The molecule has 6 nitrogen and oxygen atoms in total. The predicted molar refractivity (Wildman–Crippen MR) is 90.9 cm³/mol. The minimum absolute atomic E-state index is 0.537. The number of aromatic nitrogens is 1. The van der Waals surface area contributed by atoms with Gasteiger partial charge in [0, 0.05) is 19.8 Å². The Morgan fingerprint density at radius 3 is 2.61 bits per heavy atom. The molecule has 0 aliphatic rings. The topological polar surface area (TPSA) is 67.8 Å². The first kappa shape index (κ1) is 16.6. The lowest BCUT2D eigenvalue weighted by Gasteiger charge is -2.12. The molecule has 2 N–H and O–H groups in total. The first-order valence-corrected chi connectivity index (χ1v) is 7.42. The van der Waals surface area contributed by atoms with Gasteiger partial charge in [0.15, 0.2) is 5.96 Å². The summed E-state index contributed by atoms with van der Waals surface area (Å²) >= 11 is 0. The summed E-state index contributed by atoms with van der Waals surface area (Å²) in [7, 11) is 3.40. The zero-order valence-electron chi connectivity index (χ0n) is 13.5. The largest absolute Gasteiger partial charge is 0.497 e. The molecule has 1 aromatic carbocycles. The third-order valence-corrected chi connectivity index (χ3v) is 3.14. The van der Waals surface area contributed by atoms with Crippen LogP contribution in [0.4, 0.5) is 0 Å². The molecule has 0 radical (unpaired) electrons. The van der Waals surface area contributed by atoms with Crippen LogP contribution < -0.4 is 20.1 Å². The number of pyridine rings is 1. The van der Waals surface area contributed by atoms with Gasteiger partial charge in [-0.2, -0.15) is 0 Å². The van der Waals surface area contributed by atoms with E-state index >= 15 is 0 Å². The molecule has 1 aromatic heterocycles. The normalized spacial score (nSPS) is 11.0. The van der Waals surface area contributed by atoms with Crippen LogP contribution >= 0.6 is 0 Å². The van der Waals surface area contributed by atoms with Crippen molar-refractivity contribution >= 4 is 5.96 Å². The van der Waals surface area contributed by atoms with E-state index in [4.69, 9.17) is 9.47 Å². The van der Waals surface area contributed by atoms with Gasteiger partial charge in [0.1, 0.15) is 18.1 Å². The van der Waals surface area contributed by atoms with Crippen molar-refractivity contribution in [2.45, 2.75) is 6.54 Å². The number of ether oxygens (including phenoxy) is 2. The van der Waals surface area contributed by atoms with Crippen molar-refractivity contribution in [3.05, 3.63) is 54.4 Å². The summed E-state index contributed by atoms with van der Waals surface area (Å²) in [5.74, 6) is 2.34. The fourth-order valence-corrected chi connectivity index (χ4v) is 1.92. The summed E-state index contributed by atoms with van der Waals surface area (Å²) < 4.78 is 10.7. The highest BCUT2D eigenvalue weighted by Crippen LogP contribution is 2.10. The van der Waals surface area contributed by atoms with Crippen molar-refractivity contribution < 1.29 is 9.47 Å². The zero-order chi connectivity index (χ0) is 16.3. The van der Waals surface area contributed by atoms with Crippen molar-refractivity contribution in [3.8, 4) is 11.5 Å². The molecule has 6 heteroatoms. The molecule has 1 heterocycles. The number of hydrogen-bond acceptors (Lipinski definition) is 4. The van der Waals surface area contributed by atoms with E-state index in [0.29, 0.717) is 19.7 Å². The summed E-state index contributed by atoms with van der Waals surface area (Å²) in [6.45, 7) is 1.87. The maximum atomic E-state index is 5.57. The molecule has 0 bridgehead atoms. The first-order valence-electron chi connectivity index (χ1n) is 7.42. The number of nitrogens with zero attached hydrogens (tertiary/aromatic N) is 2. The molecule has 0 amide bonds. The fourth-order valence-electron chi connectivity index (χ4n) is 1.92. The highest BCUT2D eigenvalue weighted by molar-refractivity contribution is 5.79. The van der Waals surface area contributed by atoms with Crippen LogP contribution in [0, 0.1) is 0 Å². The molecule has 2 rings (SSSR count). The van der Waals surface area contributed by atoms with E-state index in [9.17, 15) is 0 Å². The van der Waals surface area contributed by atoms with Crippen LogP contribution in [0.15, 0.2) is 53.8 Å². The monoisotopic (exact) mass is 314 g/mol. The highest BCUT2D eigenvalue weighted by Gasteiger charge is 1.99. The van der Waals surface area contributed by atoms with Crippen LogP contribution in [-0.2, 0) is 6.54 Å². The SMILES string of the molecule is CN=C(NCCOc1cccnc1)NCc1ccc(OC)cc1. The summed E-state index contributed by atoms with van der Waals surface area (Å²) in [4.78, 5) is 8.18. The molecular weight excluding hydrogens is 292 g/mol. The van der Waals surface area contributed by atoms with Crippen LogP contribution in [0.1, 0.15) is 5.56 Å². The lowest BCUT2D eigenvalue weighted by Crippen LogP contribution is -2.38. The molecule has 23 heavy (non-hydrogen) atoms. The predicted octanol–water partition coefficient (Wildman–Crippen LogP) is 1.83. The van der Waals surface area contributed by atoms with Crippen molar-refractivity contribution in [2.75, 3.05) is 27.3 Å². The summed E-state index contributed by atoms with van der Waals surface area (Å²) in [6.07, 6.45) is 3.41. The van der Waals surface area contributed by atoms with Crippen molar-refractivity contribution in [3.63, 3.8) is 0 Å². The smallest absolute Gasteiger partial charge is 0.191 e. The molecule has 0 unspecified atom stereocenters. The minimum atomic E-state index is 0.537. The van der Waals surface area contributed by atoms with Gasteiger partial charge >= 0.3 is 0 Å². The lowest BCUT2D eigenvalue weighted by atomic mass is 10.2. The van der Waals surface area contributed by atoms with Crippen LogP contribution in [0.25, 0.3) is 0 Å². The van der Waals surface area contributed by atoms with E-state index in [0.717, 1.165) is 23.0 Å². The second kappa shape index (κ2) is 9.30. The Kier molecular flexibility index (Phi) is 6.71. The van der Waals surface area contributed by atoms with Crippen LogP contribution in [-0.4, -0.2) is 38.3 Å². The third-order valence-electron chi connectivity index (χ3n) is 3.14. The summed E-state index contributed by atoms with van der Waals surface area (Å²) in [6, 6.07) is 11.6. The third kappa shape index (κ3) is 5.86. The molecule has 0 spiro atoms. The van der Waals surface area contributed by atoms with E-state index in [-0.39, 0.29) is 0 Å². The molecule has 0 aliphatic carbocycles. The quantitative estimate of drug-likeness (QED) is 0.464. The van der Waals surface area contributed by atoms with Gasteiger partial charge in [-0.3, -0.25) is 9.98 Å². The molecular formula is C17H22N4O2. The number of methoxy groups -OCH3 is 1. The molecule has 0 fully saturated rings. The number of nitrogens with one attached hydrogen (secondary N) is 2. The molecule has 0 aliphatic heterocycles. The number of guanidine groups is 1. The Balaban J connectivity index is 1.68. The minimum Gasteiger partial charge on any atom is -0.497 e. The van der Waals surface area contributed by atoms with Gasteiger partial charge in [0.05, 0.1) is 19.9 Å². The Hall–Kier alpha value is -2.76. The fraction of sp³-hybridized carbons (Fsp3) is 0.294. The maximum absolute atomic E-state index is 5.57. The molecule has 2 aromatic rings. The molecule has 0 saturated heterocycles.